The van der Waals surface area contributed by atoms with E-state index in [1.54, 1.807) is 11.7 Å². The summed E-state index contributed by atoms with van der Waals surface area (Å²) < 4.78 is 41.8. The van der Waals surface area contributed by atoms with Gasteiger partial charge < -0.3 is 5.32 Å². The fourth-order valence-corrected chi connectivity index (χ4v) is 2.40. The van der Waals surface area contributed by atoms with Crippen LogP contribution >= 0.6 is 0 Å². The SMILES string of the molecule is Cc1nn(C)cc1[C@@H](C)Nc1cc(C(F)(F)F)nc2ncnn12. The molecule has 0 radical (unpaired) electrons. The first-order chi connectivity index (χ1) is 10.8. The van der Waals surface area contributed by atoms with E-state index in [2.05, 4.69) is 25.5 Å². The van der Waals surface area contributed by atoms with Crippen LogP contribution in [-0.2, 0) is 13.2 Å². The number of hydrogen-bond donors (Lipinski definition) is 1. The Morgan fingerprint density at radius 2 is 2.04 bits per heavy atom. The Kier molecular flexibility index (Phi) is 3.46. The molecule has 0 saturated heterocycles. The number of rotatable bonds is 3. The van der Waals surface area contributed by atoms with Crippen molar-refractivity contribution in [2.75, 3.05) is 5.32 Å². The summed E-state index contributed by atoms with van der Waals surface area (Å²) in [6, 6.07) is 0.656. The first kappa shape index (κ1) is 15.3. The molecule has 0 unspecified atom stereocenters. The average Bonchev–Trinajstić information content (AvgIpc) is 3.03. The number of aryl methyl sites for hydroxylation is 2. The van der Waals surface area contributed by atoms with E-state index < -0.39 is 11.9 Å². The molecule has 122 valence electrons. The van der Waals surface area contributed by atoms with Gasteiger partial charge in [-0.05, 0) is 13.8 Å². The van der Waals surface area contributed by atoms with Gasteiger partial charge in [0.15, 0.2) is 5.69 Å². The highest BCUT2D eigenvalue weighted by molar-refractivity contribution is 5.47. The van der Waals surface area contributed by atoms with Crippen molar-refractivity contribution in [2.24, 2.45) is 7.05 Å². The highest BCUT2D eigenvalue weighted by Gasteiger charge is 2.34. The van der Waals surface area contributed by atoms with Crippen LogP contribution in [0.2, 0.25) is 0 Å². The van der Waals surface area contributed by atoms with E-state index in [1.165, 1.54) is 4.52 Å². The van der Waals surface area contributed by atoms with Gasteiger partial charge in [0.2, 0.25) is 0 Å². The molecule has 0 bridgehead atoms. The molecule has 0 saturated carbocycles. The van der Waals surface area contributed by atoms with Gasteiger partial charge in [0.25, 0.3) is 5.78 Å². The number of nitrogens with one attached hydrogen (secondary N) is 1. The molecule has 1 N–H and O–H groups in total. The standard InChI is InChI=1S/C13H14F3N7/c1-7(9-5-22(3)21-8(9)2)19-11-4-10(13(14,15)16)20-12-17-6-18-23(11)12/h4-7,19H,1-3H3/t7-/m1/s1. The Labute approximate surface area is 129 Å². The largest absolute Gasteiger partial charge is 0.433 e. The van der Waals surface area contributed by atoms with Crippen LogP contribution in [0, 0.1) is 6.92 Å². The first-order valence-corrected chi connectivity index (χ1v) is 6.80. The van der Waals surface area contributed by atoms with Crippen LogP contribution in [0.4, 0.5) is 19.0 Å². The van der Waals surface area contributed by atoms with Crippen LogP contribution in [0.25, 0.3) is 5.78 Å². The van der Waals surface area contributed by atoms with E-state index >= 15 is 0 Å². The molecule has 0 spiro atoms. The Morgan fingerprint density at radius 1 is 1.30 bits per heavy atom. The van der Waals surface area contributed by atoms with Gasteiger partial charge in [-0.25, -0.2) is 4.98 Å². The molecule has 0 aliphatic heterocycles. The zero-order valence-corrected chi connectivity index (χ0v) is 12.6. The highest BCUT2D eigenvalue weighted by atomic mass is 19.4. The topological polar surface area (TPSA) is 72.9 Å². The number of alkyl halides is 3. The van der Waals surface area contributed by atoms with E-state index in [1.807, 2.05) is 20.0 Å². The summed E-state index contributed by atoms with van der Waals surface area (Å²) in [5.74, 6) is 0.0491. The van der Waals surface area contributed by atoms with Crippen molar-refractivity contribution < 1.29 is 13.2 Å². The summed E-state index contributed by atoms with van der Waals surface area (Å²) in [5, 5.41) is 11.2. The maximum atomic E-state index is 13.0. The Balaban J connectivity index is 2.02. The van der Waals surface area contributed by atoms with Crippen molar-refractivity contribution in [3.8, 4) is 0 Å². The van der Waals surface area contributed by atoms with Crippen LogP contribution in [-0.4, -0.2) is 29.4 Å². The minimum absolute atomic E-state index is 0.113. The summed E-state index contributed by atoms with van der Waals surface area (Å²) in [5.41, 5.74) is 0.661. The lowest BCUT2D eigenvalue weighted by molar-refractivity contribution is -0.141. The normalized spacial score (nSPS) is 13.5. The maximum Gasteiger partial charge on any atom is 0.433 e. The van der Waals surface area contributed by atoms with Crippen molar-refractivity contribution in [1.82, 2.24) is 29.4 Å². The van der Waals surface area contributed by atoms with Gasteiger partial charge in [-0.3, -0.25) is 4.68 Å². The predicted octanol–water partition coefficient (Wildman–Crippen LogP) is 2.36. The van der Waals surface area contributed by atoms with E-state index in [4.69, 9.17) is 0 Å². The zero-order chi connectivity index (χ0) is 16.8. The van der Waals surface area contributed by atoms with Crippen molar-refractivity contribution in [2.45, 2.75) is 26.1 Å². The van der Waals surface area contributed by atoms with Crippen molar-refractivity contribution in [1.29, 1.82) is 0 Å². The lowest BCUT2D eigenvalue weighted by Crippen LogP contribution is -2.15. The smallest absolute Gasteiger partial charge is 0.363 e. The Morgan fingerprint density at radius 3 is 2.65 bits per heavy atom. The van der Waals surface area contributed by atoms with Gasteiger partial charge in [-0.15, -0.1) is 0 Å². The van der Waals surface area contributed by atoms with Crippen LogP contribution < -0.4 is 5.32 Å². The molecule has 0 aliphatic carbocycles. The van der Waals surface area contributed by atoms with E-state index in [0.717, 1.165) is 23.7 Å². The molecule has 7 nitrogen and oxygen atoms in total. The van der Waals surface area contributed by atoms with Crippen LogP contribution in [0.5, 0.6) is 0 Å². The summed E-state index contributed by atoms with van der Waals surface area (Å²) in [6.07, 6.45) is -1.58. The van der Waals surface area contributed by atoms with Crippen LogP contribution in [0.1, 0.15) is 29.9 Å². The lowest BCUT2D eigenvalue weighted by Gasteiger charge is -2.16. The first-order valence-electron chi connectivity index (χ1n) is 6.80. The number of hydrogen-bond acceptors (Lipinski definition) is 5. The van der Waals surface area contributed by atoms with Gasteiger partial charge in [0, 0.05) is 24.9 Å². The number of fused-ring (bicyclic) bond motifs is 1. The third-order valence-corrected chi connectivity index (χ3v) is 3.42. The number of halogens is 3. The molecular weight excluding hydrogens is 311 g/mol. The third kappa shape index (κ3) is 2.83. The molecule has 3 heterocycles. The summed E-state index contributed by atoms with van der Waals surface area (Å²) >= 11 is 0. The van der Waals surface area contributed by atoms with Crippen LogP contribution in [0.15, 0.2) is 18.6 Å². The van der Waals surface area contributed by atoms with Gasteiger partial charge in [0.05, 0.1) is 11.7 Å². The molecule has 0 amide bonds. The second-order valence-corrected chi connectivity index (χ2v) is 5.21. The summed E-state index contributed by atoms with van der Waals surface area (Å²) in [4.78, 5) is 7.22. The number of nitrogens with zero attached hydrogens (tertiary/aromatic N) is 6. The lowest BCUT2D eigenvalue weighted by atomic mass is 10.1. The summed E-state index contributed by atoms with van der Waals surface area (Å²) in [7, 11) is 1.78. The van der Waals surface area contributed by atoms with Crippen molar-refractivity contribution in [3.05, 3.63) is 35.5 Å². The fraction of sp³-hybridized carbons (Fsp3) is 0.385. The number of anilines is 1. The maximum absolute atomic E-state index is 13.0. The van der Waals surface area contributed by atoms with Gasteiger partial charge >= 0.3 is 6.18 Å². The Hall–Kier alpha value is -2.65. The molecule has 1 atom stereocenters. The molecule has 0 aromatic carbocycles. The quantitative estimate of drug-likeness (QED) is 0.800. The second kappa shape index (κ2) is 5.21. The van der Waals surface area contributed by atoms with Crippen molar-refractivity contribution >= 4 is 11.6 Å². The molecule has 10 heteroatoms. The fourth-order valence-electron chi connectivity index (χ4n) is 2.40. The molecular formula is C13H14F3N7. The summed E-state index contributed by atoms with van der Waals surface area (Å²) in [6.45, 7) is 3.67. The molecule has 3 aromatic heterocycles. The molecule has 23 heavy (non-hydrogen) atoms. The molecule has 3 rings (SSSR count). The second-order valence-electron chi connectivity index (χ2n) is 5.21. The average molecular weight is 325 g/mol. The highest BCUT2D eigenvalue weighted by Crippen LogP contribution is 2.30. The van der Waals surface area contributed by atoms with Crippen molar-refractivity contribution in [3.63, 3.8) is 0 Å². The number of aromatic nitrogens is 6. The van der Waals surface area contributed by atoms with E-state index in [9.17, 15) is 13.2 Å². The van der Waals surface area contributed by atoms with E-state index in [0.29, 0.717) is 0 Å². The van der Waals surface area contributed by atoms with E-state index in [-0.39, 0.29) is 17.6 Å². The third-order valence-electron chi connectivity index (χ3n) is 3.42. The monoisotopic (exact) mass is 325 g/mol. The molecule has 0 fully saturated rings. The van der Waals surface area contributed by atoms with Gasteiger partial charge in [-0.1, -0.05) is 0 Å². The zero-order valence-electron chi connectivity index (χ0n) is 12.6. The predicted molar refractivity (Wildman–Crippen MR) is 75.8 cm³/mol. The molecule has 0 aliphatic rings. The van der Waals surface area contributed by atoms with Gasteiger partial charge in [0.1, 0.15) is 12.1 Å². The minimum Gasteiger partial charge on any atom is -0.363 e. The van der Waals surface area contributed by atoms with Gasteiger partial charge in [-0.2, -0.15) is 32.9 Å². The molecule has 3 aromatic rings. The minimum atomic E-state index is -4.56. The Bertz CT molecular complexity index is 849. The van der Waals surface area contributed by atoms with Crippen LogP contribution in [0.3, 0.4) is 0 Å².